The van der Waals surface area contributed by atoms with Gasteiger partial charge in [-0.1, -0.05) is 11.6 Å². The Kier molecular flexibility index (Phi) is 6.94. The van der Waals surface area contributed by atoms with Gasteiger partial charge in [0.15, 0.2) is 5.06 Å². The summed E-state index contributed by atoms with van der Waals surface area (Å²) < 4.78 is 51.4. The van der Waals surface area contributed by atoms with Crippen molar-refractivity contribution in [3.05, 3.63) is 33.1 Å². The number of aromatic amines is 1. The van der Waals surface area contributed by atoms with E-state index in [2.05, 4.69) is 13.1 Å². The molecule has 19 heteroatoms. The molecule has 1 aromatic heterocycles. The number of ether oxygens (including phenoxy) is 1. The van der Waals surface area contributed by atoms with Crippen molar-refractivity contribution in [2.45, 2.75) is 24.1 Å². The summed E-state index contributed by atoms with van der Waals surface area (Å²) in [6, 6.07) is 1.06. The smallest absolute Gasteiger partial charge is 0.334 e. The van der Waals surface area contributed by atoms with Crippen molar-refractivity contribution in [2.24, 2.45) is 0 Å². The fourth-order valence-electron chi connectivity index (χ4n) is 2.14. The van der Waals surface area contributed by atoms with Crippen molar-refractivity contribution in [1.82, 2.24) is 9.55 Å². The minimum atomic E-state index is -5.65. The van der Waals surface area contributed by atoms with Crippen LogP contribution in [0.1, 0.15) is 19.1 Å². The summed E-state index contributed by atoms with van der Waals surface area (Å²) in [6.07, 6.45) is 0.318. The number of rotatable bonds is 8. The molecule has 0 aliphatic carbocycles. The number of hydrogen-bond acceptors (Lipinski definition) is 9. The van der Waals surface area contributed by atoms with Gasteiger partial charge in [0.05, 0.1) is 0 Å². The van der Waals surface area contributed by atoms with Gasteiger partial charge in [0, 0.05) is 12.3 Å². The molecule has 0 saturated carbocycles. The number of phosphoric acid groups is 3. The highest BCUT2D eigenvalue weighted by molar-refractivity contribution is 7.66. The van der Waals surface area contributed by atoms with Gasteiger partial charge < -0.3 is 24.3 Å². The zero-order chi connectivity index (χ0) is 21.4. The monoisotopic (exact) mass is 486 g/mol. The van der Waals surface area contributed by atoms with Gasteiger partial charge in [-0.2, -0.15) is 8.62 Å². The average Bonchev–Trinajstić information content (AvgIpc) is 2.84. The van der Waals surface area contributed by atoms with E-state index in [1.54, 1.807) is 0 Å². The van der Waals surface area contributed by atoms with Gasteiger partial charge >= 0.3 is 29.2 Å². The lowest BCUT2D eigenvalue weighted by atomic mass is 10.2. The zero-order valence-electron chi connectivity index (χ0n) is 13.5. The molecule has 2 unspecified atom stereocenters. The Labute approximate surface area is 160 Å². The normalized spacial score (nSPS) is 27.2. The highest BCUT2D eigenvalue weighted by atomic mass is 35.5. The van der Waals surface area contributed by atoms with E-state index < -0.39 is 52.6 Å². The third-order valence-electron chi connectivity index (χ3n) is 3.13. The maximum absolute atomic E-state index is 11.7. The number of halogens is 1. The van der Waals surface area contributed by atoms with Gasteiger partial charge in [-0.05, 0) is 12.8 Å². The van der Waals surface area contributed by atoms with E-state index in [-0.39, 0.29) is 12.8 Å². The van der Waals surface area contributed by atoms with E-state index in [0.717, 1.165) is 16.8 Å². The molecule has 28 heavy (non-hydrogen) atoms. The molecule has 0 bridgehead atoms. The molecule has 0 aromatic carbocycles. The molecule has 1 fully saturated rings. The maximum atomic E-state index is 11.7. The Bertz CT molecular complexity index is 986. The molecule has 15 nitrogen and oxygen atoms in total. The van der Waals surface area contributed by atoms with Crippen molar-refractivity contribution in [3.8, 4) is 0 Å². The van der Waals surface area contributed by atoms with Crippen LogP contribution in [0.4, 0.5) is 0 Å². The number of aromatic nitrogens is 2. The van der Waals surface area contributed by atoms with Crippen LogP contribution in [0.5, 0.6) is 0 Å². The Hall–Kier alpha value is -0.660. The fourth-order valence-corrected chi connectivity index (χ4v) is 5.55. The largest absolute Gasteiger partial charge is 0.490 e. The van der Waals surface area contributed by atoms with Crippen molar-refractivity contribution in [1.29, 1.82) is 0 Å². The van der Waals surface area contributed by atoms with Crippen LogP contribution in [0.25, 0.3) is 0 Å². The van der Waals surface area contributed by atoms with E-state index in [1.807, 2.05) is 4.98 Å². The lowest BCUT2D eigenvalue weighted by Gasteiger charge is -2.24. The predicted molar refractivity (Wildman–Crippen MR) is 89.1 cm³/mol. The number of hydrogen-bond donors (Lipinski definition) is 5. The predicted octanol–water partition coefficient (Wildman–Crippen LogP) is 0.124. The summed E-state index contributed by atoms with van der Waals surface area (Å²) in [5, 5.41) is -1.76. The third-order valence-corrected chi connectivity index (χ3v) is 7.30. The molecule has 2 rings (SSSR count). The Balaban J connectivity index is 2.00. The van der Waals surface area contributed by atoms with Gasteiger partial charge in [-0.3, -0.25) is 18.9 Å². The molecule has 0 radical (unpaired) electrons. The summed E-state index contributed by atoms with van der Waals surface area (Å²) in [7, 11) is -16.5. The second kappa shape index (κ2) is 8.23. The lowest BCUT2D eigenvalue weighted by molar-refractivity contribution is -0.0491. The lowest BCUT2D eigenvalue weighted by Crippen LogP contribution is -2.33. The van der Waals surface area contributed by atoms with Crippen LogP contribution in [0.15, 0.2) is 21.9 Å². The van der Waals surface area contributed by atoms with Gasteiger partial charge in [0.1, 0.15) is 12.8 Å². The molecule has 0 amide bonds. The molecule has 1 aromatic rings. The van der Waals surface area contributed by atoms with Crippen molar-refractivity contribution in [2.75, 3.05) is 6.61 Å². The molecular weight excluding hydrogens is 472 g/mol. The number of alkyl halides is 1. The highest BCUT2D eigenvalue weighted by Gasteiger charge is 2.45. The standard InChI is InChI=1S/C9H14ClN2O13P3/c10-9(3-1-7(23-9)12-4-2-6(13)11-8(12)14)5-22-27(18,19)25-28(20,21)24-26(15,16)17/h2,4,7H,1,3,5H2,(H,18,19)(H,20,21)(H,11,13,14)(H2,15,16,17)/t7-,9+/m1/s1. The summed E-state index contributed by atoms with van der Waals surface area (Å²) >= 11 is 6.07. The van der Waals surface area contributed by atoms with Crippen LogP contribution < -0.4 is 11.2 Å². The second-order valence-corrected chi connectivity index (χ2v) is 10.5. The molecular formula is C9H14ClN2O13P3. The molecule has 4 atom stereocenters. The average molecular weight is 487 g/mol. The van der Waals surface area contributed by atoms with Crippen molar-refractivity contribution < 1.29 is 51.2 Å². The minimum absolute atomic E-state index is 0.0133. The quantitative estimate of drug-likeness (QED) is 0.243. The molecule has 1 aliphatic rings. The van der Waals surface area contributed by atoms with Gasteiger partial charge in [0.2, 0.25) is 0 Å². The Morgan fingerprint density at radius 3 is 2.43 bits per heavy atom. The number of H-pyrrole nitrogens is 1. The first-order chi connectivity index (χ1) is 12.6. The first-order valence-corrected chi connectivity index (χ1v) is 12.0. The minimum Gasteiger partial charge on any atom is -0.334 e. The number of nitrogens with one attached hydrogen (secondary N) is 1. The number of nitrogens with zero attached hydrogens (tertiary/aromatic N) is 1. The van der Waals surface area contributed by atoms with Crippen LogP contribution >= 0.6 is 35.1 Å². The molecule has 0 spiro atoms. The second-order valence-electron chi connectivity index (χ2n) is 5.38. The van der Waals surface area contributed by atoms with Crippen LogP contribution in [-0.4, -0.2) is 40.8 Å². The van der Waals surface area contributed by atoms with Crippen LogP contribution in [-0.2, 0) is 31.6 Å². The Morgan fingerprint density at radius 2 is 1.86 bits per heavy atom. The van der Waals surface area contributed by atoms with E-state index in [1.165, 1.54) is 0 Å². The summed E-state index contributed by atoms with van der Waals surface area (Å²) in [4.78, 5) is 60.2. The van der Waals surface area contributed by atoms with Gasteiger partial charge in [-0.25, -0.2) is 18.5 Å². The van der Waals surface area contributed by atoms with E-state index in [4.69, 9.17) is 31.0 Å². The van der Waals surface area contributed by atoms with Crippen LogP contribution in [0, 0.1) is 0 Å². The van der Waals surface area contributed by atoms with Gasteiger partial charge in [-0.15, -0.1) is 0 Å². The topological polar surface area (TPSA) is 224 Å². The summed E-state index contributed by atoms with van der Waals surface area (Å²) in [6.45, 7) is -0.882. The first-order valence-electron chi connectivity index (χ1n) is 7.06. The van der Waals surface area contributed by atoms with E-state index >= 15 is 0 Å². The molecule has 160 valence electrons. The van der Waals surface area contributed by atoms with Crippen LogP contribution in [0.3, 0.4) is 0 Å². The molecule has 1 saturated heterocycles. The van der Waals surface area contributed by atoms with E-state index in [9.17, 15) is 28.2 Å². The molecule has 5 N–H and O–H groups in total. The van der Waals surface area contributed by atoms with E-state index in [0.29, 0.717) is 0 Å². The molecule has 1 aliphatic heterocycles. The van der Waals surface area contributed by atoms with Crippen molar-refractivity contribution in [3.63, 3.8) is 0 Å². The number of phosphoric ester groups is 1. The SMILES string of the molecule is O=c1ccn([C@H]2CC[C@@](Cl)(COP(=O)(O)OP(=O)(O)OP(=O)(O)O)O2)c(=O)[nH]1. The summed E-state index contributed by atoms with van der Waals surface area (Å²) in [5.41, 5.74) is -1.42. The first kappa shape index (κ1) is 23.6. The zero-order valence-corrected chi connectivity index (χ0v) is 16.9. The highest BCUT2D eigenvalue weighted by Crippen LogP contribution is 2.66. The summed E-state index contributed by atoms with van der Waals surface area (Å²) in [5.74, 6) is 0. The molecule has 2 heterocycles. The third kappa shape index (κ3) is 6.99. The fraction of sp³-hybridized carbons (Fsp3) is 0.556. The Morgan fingerprint density at radius 1 is 1.21 bits per heavy atom. The maximum Gasteiger partial charge on any atom is 0.490 e. The van der Waals surface area contributed by atoms with Crippen molar-refractivity contribution >= 4 is 35.1 Å². The van der Waals surface area contributed by atoms with Crippen LogP contribution in [0.2, 0.25) is 0 Å². The van der Waals surface area contributed by atoms with Gasteiger partial charge in [0.25, 0.3) is 5.56 Å².